The van der Waals surface area contributed by atoms with Crippen LogP contribution < -0.4 is 5.32 Å². The number of ether oxygens (including phenoxy) is 2. The summed E-state index contributed by atoms with van der Waals surface area (Å²) < 4.78 is 12.1. The van der Waals surface area contributed by atoms with Gasteiger partial charge in [0.2, 0.25) is 0 Å². The molecule has 102 valence electrons. The van der Waals surface area contributed by atoms with Crippen LogP contribution in [0.5, 0.6) is 0 Å². The summed E-state index contributed by atoms with van der Waals surface area (Å²) in [4.78, 5) is 0. The third-order valence-electron chi connectivity index (χ3n) is 2.64. The molecule has 0 amide bonds. The molecule has 1 N–H and O–H groups in total. The fraction of sp³-hybridized carbons (Fsp3) is 0.571. The monoisotopic (exact) mass is 315 g/mol. The van der Waals surface area contributed by atoms with Gasteiger partial charge in [-0.1, -0.05) is 28.1 Å². The highest BCUT2D eigenvalue weighted by Crippen LogP contribution is 2.17. The highest BCUT2D eigenvalue weighted by Gasteiger charge is 2.11. The molecule has 1 aromatic rings. The molecule has 18 heavy (non-hydrogen) atoms. The van der Waals surface area contributed by atoms with Crippen molar-refractivity contribution in [2.45, 2.75) is 33.1 Å². The molecule has 0 heterocycles. The number of halogens is 1. The molecule has 0 aliphatic rings. The van der Waals surface area contributed by atoms with Crippen LogP contribution in [0.15, 0.2) is 28.7 Å². The molecule has 1 atom stereocenters. The molecule has 0 aromatic heterocycles. The Morgan fingerprint density at radius 1 is 1.22 bits per heavy atom. The molecular formula is C14H22BrNO2. The Bertz CT molecular complexity index is 340. The maximum atomic E-state index is 5.50. The second-order valence-electron chi connectivity index (χ2n) is 4.03. The van der Waals surface area contributed by atoms with Gasteiger partial charge in [0.25, 0.3) is 0 Å². The molecule has 0 spiro atoms. The lowest BCUT2D eigenvalue weighted by Crippen LogP contribution is -2.33. The molecule has 0 radical (unpaired) electrons. The van der Waals surface area contributed by atoms with Crippen molar-refractivity contribution in [2.75, 3.05) is 19.8 Å². The molecule has 0 saturated carbocycles. The minimum Gasteiger partial charge on any atom is -0.352 e. The zero-order chi connectivity index (χ0) is 13.4. The smallest absolute Gasteiger partial charge is 0.169 e. The van der Waals surface area contributed by atoms with E-state index in [0.717, 1.165) is 4.47 Å². The van der Waals surface area contributed by atoms with Crippen LogP contribution in [-0.2, 0) is 9.47 Å². The standard InChI is InChI=1S/C14H22BrNO2/c1-4-17-14(18-5-2)10-16-11(3)12-7-6-8-13(15)9-12/h6-9,11,14,16H,4-5,10H2,1-3H3/t11-/m1/s1. The predicted octanol–water partition coefficient (Wildman–Crippen LogP) is 3.50. The van der Waals surface area contributed by atoms with Crippen molar-refractivity contribution in [2.24, 2.45) is 0 Å². The fourth-order valence-corrected chi connectivity index (χ4v) is 2.12. The summed E-state index contributed by atoms with van der Waals surface area (Å²) in [7, 11) is 0. The van der Waals surface area contributed by atoms with E-state index < -0.39 is 0 Å². The third-order valence-corrected chi connectivity index (χ3v) is 3.14. The minimum atomic E-state index is -0.172. The van der Waals surface area contributed by atoms with Gasteiger partial charge in [-0.3, -0.25) is 0 Å². The topological polar surface area (TPSA) is 30.5 Å². The Labute approximate surface area is 118 Å². The van der Waals surface area contributed by atoms with Crippen LogP contribution in [0.2, 0.25) is 0 Å². The first-order valence-corrected chi connectivity index (χ1v) is 7.18. The molecule has 3 nitrogen and oxygen atoms in total. The summed E-state index contributed by atoms with van der Waals surface area (Å²) in [6, 6.07) is 8.57. The van der Waals surface area contributed by atoms with Crippen LogP contribution in [-0.4, -0.2) is 26.0 Å². The first-order chi connectivity index (χ1) is 8.67. The molecule has 1 rings (SSSR count). The molecule has 0 unspecified atom stereocenters. The van der Waals surface area contributed by atoms with Crippen LogP contribution >= 0.6 is 15.9 Å². The van der Waals surface area contributed by atoms with Gasteiger partial charge in [-0.05, 0) is 38.5 Å². The summed E-state index contributed by atoms with van der Waals surface area (Å²) >= 11 is 3.48. The number of hydrogen-bond acceptors (Lipinski definition) is 3. The van der Waals surface area contributed by atoms with Gasteiger partial charge in [0.1, 0.15) is 0 Å². The van der Waals surface area contributed by atoms with Crippen molar-refractivity contribution in [1.29, 1.82) is 0 Å². The maximum Gasteiger partial charge on any atom is 0.169 e. The average molecular weight is 316 g/mol. The van der Waals surface area contributed by atoms with E-state index in [9.17, 15) is 0 Å². The van der Waals surface area contributed by atoms with E-state index in [1.807, 2.05) is 26.0 Å². The summed E-state index contributed by atoms with van der Waals surface area (Å²) in [5.74, 6) is 0. The molecule has 0 bridgehead atoms. The number of hydrogen-bond donors (Lipinski definition) is 1. The van der Waals surface area contributed by atoms with Crippen LogP contribution in [0, 0.1) is 0 Å². The Morgan fingerprint density at radius 3 is 2.44 bits per heavy atom. The molecule has 0 aliphatic heterocycles. The highest BCUT2D eigenvalue weighted by atomic mass is 79.9. The van der Waals surface area contributed by atoms with Gasteiger partial charge in [0.05, 0.1) is 0 Å². The van der Waals surface area contributed by atoms with Crippen LogP contribution in [0.4, 0.5) is 0 Å². The largest absolute Gasteiger partial charge is 0.352 e. The van der Waals surface area contributed by atoms with E-state index in [-0.39, 0.29) is 12.3 Å². The Kier molecular flexibility index (Phi) is 7.51. The maximum absolute atomic E-state index is 5.50. The van der Waals surface area contributed by atoms with Crippen LogP contribution in [0.25, 0.3) is 0 Å². The second kappa shape index (κ2) is 8.64. The summed E-state index contributed by atoms with van der Waals surface area (Å²) in [6.07, 6.45) is -0.172. The van der Waals surface area contributed by atoms with Gasteiger partial charge in [-0.2, -0.15) is 0 Å². The van der Waals surface area contributed by atoms with Crippen LogP contribution in [0.3, 0.4) is 0 Å². The summed E-state index contributed by atoms with van der Waals surface area (Å²) in [5.41, 5.74) is 1.25. The molecular weight excluding hydrogens is 294 g/mol. The summed E-state index contributed by atoms with van der Waals surface area (Å²) in [5, 5.41) is 3.42. The SMILES string of the molecule is CCOC(CN[C@H](C)c1cccc(Br)c1)OCC. The first kappa shape index (κ1) is 15.6. The van der Waals surface area contributed by atoms with E-state index in [1.54, 1.807) is 0 Å². The minimum absolute atomic E-state index is 0.172. The normalized spacial score (nSPS) is 12.9. The Hall–Kier alpha value is -0.420. The average Bonchev–Trinajstić information content (AvgIpc) is 2.36. The predicted molar refractivity (Wildman–Crippen MR) is 77.6 cm³/mol. The number of benzene rings is 1. The number of nitrogens with one attached hydrogen (secondary N) is 1. The summed E-state index contributed by atoms with van der Waals surface area (Å²) in [6.45, 7) is 8.11. The van der Waals surface area contributed by atoms with E-state index in [1.165, 1.54) is 5.56 Å². The van der Waals surface area contributed by atoms with Crippen LogP contribution in [0.1, 0.15) is 32.4 Å². The quantitative estimate of drug-likeness (QED) is 0.745. The van der Waals surface area contributed by atoms with Gasteiger partial charge in [0, 0.05) is 30.3 Å². The van der Waals surface area contributed by atoms with Crippen molar-refractivity contribution in [3.8, 4) is 0 Å². The number of rotatable bonds is 8. The van der Waals surface area contributed by atoms with Gasteiger partial charge < -0.3 is 14.8 Å². The van der Waals surface area contributed by atoms with Gasteiger partial charge >= 0.3 is 0 Å². The highest BCUT2D eigenvalue weighted by molar-refractivity contribution is 9.10. The lowest BCUT2D eigenvalue weighted by atomic mass is 10.1. The first-order valence-electron chi connectivity index (χ1n) is 6.39. The molecule has 0 aliphatic carbocycles. The molecule has 4 heteroatoms. The lowest BCUT2D eigenvalue weighted by Gasteiger charge is -2.21. The van der Waals surface area contributed by atoms with Crippen molar-refractivity contribution in [3.05, 3.63) is 34.3 Å². The van der Waals surface area contributed by atoms with Crippen molar-refractivity contribution in [1.82, 2.24) is 5.32 Å². The van der Waals surface area contributed by atoms with E-state index in [4.69, 9.17) is 9.47 Å². The van der Waals surface area contributed by atoms with Gasteiger partial charge in [-0.15, -0.1) is 0 Å². The zero-order valence-electron chi connectivity index (χ0n) is 11.3. The molecule has 1 aromatic carbocycles. The Morgan fingerprint density at radius 2 is 1.89 bits per heavy atom. The van der Waals surface area contributed by atoms with Crippen molar-refractivity contribution >= 4 is 15.9 Å². The van der Waals surface area contributed by atoms with Gasteiger partial charge in [-0.25, -0.2) is 0 Å². The third kappa shape index (κ3) is 5.48. The Balaban J connectivity index is 2.46. The molecule has 0 saturated heterocycles. The lowest BCUT2D eigenvalue weighted by molar-refractivity contribution is -0.133. The van der Waals surface area contributed by atoms with Crippen molar-refractivity contribution in [3.63, 3.8) is 0 Å². The van der Waals surface area contributed by atoms with Crippen molar-refractivity contribution < 1.29 is 9.47 Å². The molecule has 0 fully saturated rings. The van der Waals surface area contributed by atoms with E-state index >= 15 is 0 Å². The van der Waals surface area contributed by atoms with E-state index in [2.05, 4.69) is 40.3 Å². The van der Waals surface area contributed by atoms with Gasteiger partial charge in [0.15, 0.2) is 6.29 Å². The van der Waals surface area contributed by atoms with E-state index in [0.29, 0.717) is 19.8 Å². The fourth-order valence-electron chi connectivity index (χ4n) is 1.70. The second-order valence-corrected chi connectivity index (χ2v) is 4.94. The zero-order valence-corrected chi connectivity index (χ0v) is 12.9.